The molecule has 0 saturated carbocycles. The number of piperidine rings is 1. The lowest BCUT2D eigenvalue weighted by Gasteiger charge is -2.44. The SMILES string of the molecule is COc1ccc2cc3n(c2c1)C[C@](C)(C(=O)NCCCN1C[C@H](C)C[C@H](C)C1)N(Cc1cccc(OC)c1OC)C3=O. The topological polar surface area (TPSA) is 85.3 Å². The summed E-state index contributed by atoms with van der Waals surface area (Å²) in [7, 11) is 4.79. The Balaban J connectivity index is 1.43. The third-order valence-electron chi connectivity index (χ3n) is 8.82. The van der Waals surface area contributed by atoms with Crippen LogP contribution in [0.4, 0.5) is 0 Å². The molecular weight excluding hydrogens is 532 g/mol. The molecule has 0 bridgehead atoms. The van der Waals surface area contributed by atoms with E-state index in [1.54, 1.807) is 26.2 Å². The molecule has 226 valence electrons. The van der Waals surface area contributed by atoms with Gasteiger partial charge in [-0.05, 0) is 62.4 Å². The van der Waals surface area contributed by atoms with Gasteiger partial charge in [0.05, 0.1) is 39.9 Å². The van der Waals surface area contributed by atoms with Crippen molar-refractivity contribution in [1.29, 1.82) is 0 Å². The summed E-state index contributed by atoms with van der Waals surface area (Å²) in [6.07, 6.45) is 2.13. The monoisotopic (exact) mass is 576 g/mol. The quantitative estimate of drug-likeness (QED) is 0.356. The minimum Gasteiger partial charge on any atom is -0.497 e. The van der Waals surface area contributed by atoms with Gasteiger partial charge in [0.25, 0.3) is 5.91 Å². The van der Waals surface area contributed by atoms with Crippen molar-refractivity contribution >= 4 is 22.7 Å². The fourth-order valence-electron chi connectivity index (χ4n) is 6.82. The molecule has 2 aliphatic rings. The third kappa shape index (κ3) is 5.67. The molecule has 2 amide bonds. The van der Waals surface area contributed by atoms with Gasteiger partial charge in [-0.1, -0.05) is 26.0 Å². The molecule has 9 heteroatoms. The van der Waals surface area contributed by atoms with Gasteiger partial charge in [-0.25, -0.2) is 0 Å². The number of aromatic nitrogens is 1. The number of methoxy groups -OCH3 is 3. The number of nitrogens with one attached hydrogen (secondary N) is 1. The maximum atomic E-state index is 14.2. The molecule has 3 atom stereocenters. The molecule has 1 aromatic heterocycles. The summed E-state index contributed by atoms with van der Waals surface area (Å²) in [5, 5.41) is 4.11. The number of amides is 2. The third-order valence-corrected chi connectivity index (χ3v) is 8.82. The molecule has 9 nitrogen and oxygen atoms in total. The fourth-order valence-corrected chi connectivity index (χ4v) is 6.82. The Morgan fingerprint density at radius 1 is 1.02 bits per heavy atom. The van der Waals surface area contributed by atoms with Crippen molar-refractivity contribution in [2.24, 2.45) is 11.8 Å². The minimum atomic E-state index is -1.15. The maximum absolute atomic E-state index is 14.2. The molecule has 1 N–H and O–H groups in total. The number of ether oxygens (including phenoxy) is 3. The van der Waals surface area contributed by atoms with E-state index in [1.165, 1.54) is 6.42 Å². The lowest BCUT2D eigenvalue weighted by molar-refractivity contribution is -0.133. The Hall–Kier alpha value is -3.72. The van der Waals surface area contributed by atoms with E-state index in [9.17, 15) is 9.59 Å². The van der Waals surface area contributed by atoms with Crippen LogP contribution in [0.2, 0.25) is 0 Å². The van der Waals surface area contributed by atoms with Gasteiger partial charge < -0.3 is 33.9 Å². The summed E-state index contributed by atoms with van der Waals surface area (Å²) in [5.74, 6) is 2.84. The average Bonchev–Trinajstić information content (AvgIpc) is 3.34. The number of nitrogens with zero attached hydrogens (tertiary/aromatic N) is 3. The fraction of sp³-hybridized carbons (Fsp3) is 0.515. The number of carbonyl (C=O) groups is 2. The number of hydrogen-bond acceptors (Lipinski definition) is 6. The molecule has 5 rings (SSSR count). The molecule has 3 heterocycles. The summed E-state index contributed by atoms with van der Waals surface area (Å²) in [4.78, 5) is 32.5. The second-order valence-corrected chi connectivity index (χ2v) is 12.2. The number of rotatable bonds is 10. The van der Waals surface area contributed by atoms with Crippen molar-refractivity contribution in [3.05, 3.63) is 53.7 Å². The van der Waals surface area contributed by atoms with Crippen molar-refractivity contribution in [3.63, 3.8) is 0 Å². The van der Waals surface area contributed by atoms with Crippen LogP contribution in [0.3, 0.4) is 0 Å². The van der Waals surface area contributed by atoms with Crippen molar-refractivity contribution in [2.45, 2.75) is 52.2 Å². The highest BCUT2D eigenvalue weighted by Gasteiger charge is 2.48. The first kappa shape index (κ1) is 29.8. The Bertz CT molecular complexity index is 1440. The minimum absolute atomic E-state index is 0.173. The van der Waals surface area contributed by atoms with Gasteiger partial charge in [0.1, 0.15) is 17.0 Å². The van der Waals surface area contributed by atoms with Crippen molar-refractivity contribution < 1.29 is 23.8 Å². The molecule has 1 saturated heterocycles. The first-order valence-corrected chi connectivity index (χ1v) is 14.9. The summed E-state index contributed by atoms with van der Waals surface area (Å²) in [5.41, 5.74) is 1.02. The van der Waals surface area contributed by atoms with Gasteiger partial charge in [-0.2, -0.15) is 0 Å². The smallest absolute Gasteiger partial charge is 0.271 e. The second-order valence-electron chi connectivity index (χ2n) is 12.2. The van der Waals surface area contributed by atoms with Crippen LogP contribution in [0.25, 0.3) is 10.9 Å². The Kier molecular flexibility index (Phi) is 8.68. The lowest BCUT2D eigenvalue weighted by atomic mass is 9.92. The lowest BCUT2D eigenvalue weighted by Crippen LogP contribution is -2.63. The van der Waals surface area contributed by atoms with Gasteiger partial charge in [-0.3, -0.25) is 9.59 Å². The van der Waals surface area contributed by atoms with Gasteiger partial charge in [-0.15, -0.1) is 0 Å². The van der Waals surface area contributed by atoms with E-state index in [1.807, 2.05) is 54.0 Å². The number of benzene rings is 2. The number of likely N-dealkylation sites (tertiary alicyclic amines) is 1. The zero-order valence-electron chi connectivity index (χ0n) is 25.7. The Morgan fingerprint density at radius 3 is 2.48 bits per heavy atom. The molecule has 42 heavy (non-hydrogen) atoms. The number of hydrogen-bond donors (Lipinski definition) is 1. The van der Waals surface area contributed by atoms with Gasteiger partial charge >= 0.3 is 0 Å². The molecule has 1 fully saturated rings. The van der Waals surface area contributed by atoms with Crippen LogP contribution in [0, 0.1) is 11.8 Å². The molecular formula is C33H44N4O5. The van der Waals surface area contributed by atoms with Crippen LogP contribution < -0.4 is 19.5 Å². The predicted molar refractivity (Wildman–Crippen MR) is 163 cm³/mol. The van der Waals surface area contributed by atoms with Crippen LogP contribution in [0.5, 0.6) is 17.2 Å². The summed E-state index contributed by atoms with van der Waals surface area (Å²) in [6.45, 7) is 10.7. The van der Waals surface area contributed by atoms with Crippen LogP contribution in [-0.4, -0.2) is 79.2 Å². The molecule has 2 aliphatic heterocycles. The first-order valence-electron chi connectivity index (χ1n) is 14.9. The van der Waals surface area contributed by atoms with Gasteiger partial charge in [0.15, 0.2) is 11.5 Å². The van der Waals surface area contributed by atoms with Crippen LogP contribution in [0.1, 0.15) is 49.7 Å². The van der Waals surface area contributed by atoms with E-state index in [0.29, 0.717) is 47.9 Å². The van der Waals surface area contributed by atoms with E-state index in [-0.39, 0.29) is 18.4 Å². The van der Waals surface area contributed by atoms with Gasteiger partial charge in [0.2, 0.25) is 5.91 Å². The van der Waals surface area contributed by atoms with Crippen LogP contribution in [0.15, 0.2) is 42.5 Å². The van der Waals surface area contributed by atoms with Crippen molar-refractivity contribution in [1.82, 2.24) is 19.7 Å². The average molecular weight is 577 g/mol. The molecule has 0 unspecified atom stereocenters. The predicted octanol–water partition coefficient (Wildman–Crippen LogP) is 4.57. The zero-order valence-corrected chi connectivity index (χ0v) is 25.7. The molecule has 2 aromatic carbocycles. The summed E-state index contributed by atoms with van der Waals surface area (Å²) in [6, 6.07) is 13.2. The van der Waals surface area contributed by atoms with Crippen LogP contribution >= 0.6 is 0 Å². The van der Waals surface area contributed by atoms with E-state index >= 15 is 0 Å². The number of fused-ring (bicyclic) bond motifs is 3. The van der Waals surface area contributed by atoms with E-state index in [4.69, 9.17) is 14.2 Å². The zero-order chi connectivity index (χ0) is 30.0. The maximum Gasteiger partial charge on any atom is 0.271 e. The second kappa shape index (κ2) is 12.3. The summed E-state index contributed by atoms with van der Waals surface area (Å²) >= 11 is 0. The molecule has 0 spiro atoms. The largest absolute Gasteiger partial charge is 0.497 e. The standard InChI is InChI=1S/C33H44N4O5/c1-22-15-23(2)19-35(18-22)14-8-13-34-32(39)33(3)21-36-27-17-26(40-4)12-11-24(27)16-28(36)31(38)37(33)20-25-9-7-10-29(41-5)30(25)42-6/h7,9-12,16-17,22-23H,8,13-15,18-21H2,1-6H3,(H,34,39)/t22-,23+,33-/m1/s1. The molecule has 0 aliphatic carbocycles. The first-order chi connectivity index (χ1) is 20.2. The molecule has 0 radical (unpaired) electrons. The van der Waals surface area contributed by atoms with Crippen molar-refractivity contribution in [3.8, 4) is 17.2 Å². The number of para-hydroxylation sites is 1. The molecule has 3 aromatic rings. The van der Waals surface area contributed by atoms with Crippen LogP contribution in [-0.2, 0) is 17.9 Å². The highest BCUT2D eigenvalue weighted by molar-refractivity contribution is 6.03. The van der Waals surface area contributed by atoms with E-state index in [0.717, 1.165) is 42.5 Å². The Labute approximate surface area is 248 Å². The highest BCUT2D eigenvalue weighted by atomic mass is 16.5. The van der Waals surface area contributed by atoms with Crippen molar-refractivity contribution in [2.75, 3.05) is 47.5 Å². The highest BCUT2D eigenvalue weighted by Crippen LogP contribution is 2.38. The Morgan fingerprint density at radius 2 is 1.79 bits per heavy atom. The van der Waals surface area contributed by atoms with E-state index < -0.39 is 5.54 Å². The summed E-state index contributed by atoms with van der Waals surface area (Å²) < 4.78 is 18.6. The normalized spacial score (nSPS) is 22.6. The number of carbonyl (C=O) groups excluding carboxylic acids is 2. The van der Waals surface area contributed by atoms with Gasteiger partial charge in [0, 0.05) is 36.7 Å². The van der Waals surface area contributed by atoms with E-state index in [2.05, 4.69) is 24.1 Å².